The van der Waals surface area contributed by atoms with Crippen molar-refractivity contribution in [3.63, 3.8) is 0 Å². The Hall–Kier alpha value is -2.48. The summed E-state index contributed by atoms with van der Waals surface area (Å²) in [6.07, 6.45) is 0. The van der Waals surface area contributed by atoms with Gasteiger partial charge in [0.1, 0.15) is 10.7 Å². The lowest BCUT2D eigenvalue weighted by molar-refractivity contribution is -0.392. The van der Waals surface area contributed by atoms with E-state index in [1.807, 2.05) is 0 Å². The fourth-order valence-electron chi connectivity index (χ4n) is 1.65. The summed E-state index contributed by atoms with van der Waals surface area (Å²) in [5.74, 6) is -0.991. The minimum absolute atomic E-state index is 0.115. The molecule has 0 fully saturated rings. The standard InChI is InChI=1S/C14H12FN3O3S/c1-17(2)14(19)22-12-8-7-11(16-13(12)18(20)21)9-5-3-4-6-10(9)15/h3-8H,1-2H3. The highest BCUT2D eigenvalue weighted by Gasteiger charge is 2.23. The van der Waals surface area contributed by atoms with E-state index < -0.39 is 16.6 Å². The summed E-state index contributed by atoms with van der Waals surface area (Å²) in [6.45, 7) is 0. The van der Waals surface area contributed by atoms with Crippen LogP contribution in [0.3, 0.4) is 0 Å². The molecule has 6 nitrogen and oxygen atoms in total. The van der Waals surface area contributed by atoms with Gasteiger partial charge in [-0.1, -0.05) is 12.1 Å². The third-order valence-electron chi connectivity index (χ3n) is 2.72. The monoisotopic (exact) mass is 321 g/mol. The maximum absolute atomic E-state index is 13.7. The normalized spacial score (nSPS) is 10.3. The van der Waals surface area contributed by atoms with Crippen LogP contribution in [0.15, 0.2) is 41.3 Å². The van der Waals surface area contributed by atoms with E-state index in [1.54, 1.807) is 20.2 Å². The number of carbonyl (C=O) groups is 1. The van der Waals surface area contributed by atoms with E-state index in [9.17, 15) is 19.3 Å². The third kappa shape index (κ3) is 3.40. The first-order valence-corrected chi connectivity index (χ1v) is 7.01. The second-order valence-corrected chi connectivity index (χ2v) is 5.51. The molecule has 0 N–H and O–H groups in total. The molecule has 114 valence electrons. The summed E-state index contributed by atoms with van der Waals surface area (Å²) < 4.78 is 13.7. The molecule has 0 aliphatic rings. The molecule has 22 heavy (non-hydrogen) atoms. The number of amides is 1. The number of thioether (sulfide) groups is 1. The van der Waals surface area contributed by atoms with E-state index in [-0.39, 0.29) is 21.4 Å². The fraction of sp³-hybridized carbons (Fsp3) is 0.143. The lowest BCUT2D eigenvalue weighted by atomic mass is 10.1. The predicted octanol–water partition coefficient (Wildman–Crippen LogP) is 3.57. The van der Waals surface area contributed by atoms with Crippen molar-refractivity contribution < 1.29 is 14.1 Å². The first-order valence-electron chi connectivity index (χ1n) is 6.19. The van der Waals surface area contributed by atoms with Crippen molar-refractivity contribution in [2.45, 2.75) is 4.90 Å². The first-order chi connectivity index (χ1) is 10.4. The maximum Gasteiger partial charge on any atom is 0.378 e. The Balaban J connectivity index is 2.46. The van der Waals surface area contributed by atoms with Crippen LogP contribution in [-0.2, 0) is 0 Å². The van der Waals surface area contributed by atoms with Gasteiger partial charge in [0.15, 0.2) is 5.69 Å². The number of aromatic nitrogens is 1. The number of pyridine rings is 1. The zero-order valence-corrected chi connectivity index (χ0v) is 12.6. The van der Waals surface area contributed by atoms with Crippen molar-refractivity contribution in [1.82, 2.24) is 9.88 Å². The molecule has 1 aromatic carbocycles. The van der Waals surface area contributed by atoms with Gasteiger partial charge in [0, 0.05) is 14.1 Å². The Labute approximate surface area is 130 Å². The molecular weight excluding hydrogens is 309 g/mol. The van der Waals surface area contributed by atoms with E-state index in [4.69, 9.17) is 0 Å². The second-order valence-electron chi connectivity index (χ2n) is 4.52. The predicted molar refractivity (Wildman–Crippen MR) is 81.2 cm³/mol. The molecule has 0 atom stereocenters. The van der Waals surface area contributed by atoms with Crippen LogP contribution < -0.4 is 0 Å². The summed E-state index contributed by atoms with van der Waals surface area (Å²) >= 11 is 0.704. The molecule has 1 amide bonds. The molecule has 0 aliphatic heterocycles. The van der Waals surface area contributed by atoms with Gasteiger partial charge in [-0.3, -0.25) is 4.79 Å². The van der Waals surface area contributed by atoms with Crippen LogP contribution in [0.2, 0.25) is 0 Å². The van der Waals surface area contributed by atoms with Crippen molar-refractivity contribution in [3.8, 4) is 11.3 Å². The lowest BCUT2D eigenvalue weighted by Crippen LogP contribution is -2.16. The number of carbonyl (C=O) groups excluding carboxylic acids is 1. The third-order valence-corrected chi connectivity index (χ3v) is 3.80. The van der Waals surface area contributed by atoms with Crippen LogP contribution in [0.4, 0.5) is 15.0 Å². The van der Waals surface area contributed by atoms with Gasteiger partial charge in [-0.15, -0.1) is 0 Å². The summed E-state index contributed by atoms with van der Waals surface area (Å²) in [6, 6.07) is 8.73. The van der Waals surface area contributed by atoms with Gasteiger partial charge < -0.3 is 15.0 Å². The molecule has 0 spiro atoms. The summed E-state index contributed by atoms with van der Waals surface area (Å²) in [5, 5.41) is 10.8. The molecule has 0 saturated heterocycles. The summed E-state index contributed by atoms with van der Waals surface area (Å²) in [7, 11) is 3.09. The SMILES string of the molecule is CN(C)C(=O)Sc1ccc(-c2ccccc2F)nc1[N+](=O)[O-]. The van der Waals surface area contributed by atoms with Gasteiger partial charge in [0.25, 0.3) is 5.24 Å². The topological polar surface area (TPSA) is 76.3 Å². The van der Waals surface area contributed by atoms with E-state index in [0.717, 1.165) is 0 Å². The summed E-state index contributed by atoms with van der Waals surface area (Å²) in [4.78, 5) is 27.4. The number of hydrogen-bond donors (Lipinski definition) is 0. The first kappa shape index (κ1) is 15.9. The number of nitro groups is 1. The quantitative estimate of drug-likeness (QED) is 0.491. The molecule has 2 rings (SSSR count). The fourth-order valence-corrected chi connectivity index (χ4v) is 2.37. The number of hydrogen-bond acceptors (Lipinski definition) is 5. The van der Waals surface area contributed by atoms with Gasteiger partial charge in [0.05, 0.1) is 5.56 Å². The van der Waals surface area contributed by atoms with Crippen molar-refractivity contribution in [2.75, 3.05) is 14.1 Å². The molecule has 1 aromatic heterocycles. The van der Waals surface area contributed by atoms with E-state index in [1.165, 1.54) is 35.2 Å². The number of rotatable bonds is 3. The van der Waals surface area contributed by atoms with Crippen LogP contribution in [0, 0.1) is 15.9 Å². The zero-order chi connectivity index (χ0) is 16.3. The Morgan fingerprint density at radius 2 is 1.95 bits per heavy atom. The average Bonchev–Trinajstić information content (AvgIpc) is 2.48. The van der Waals surface area contributed by atoms with E-state index >= 15 is 0 Å². The van der Waals surface area contributed by atoms with Crippen molar-refractivity contribution in [2.24, 2.45) is 0 Å². The molecule has 0 unspecified atom stereocenters. The largest absolute Gasteiger partial charge is 0.378 e. The van der Waals surface area contributed by atoms with Crippen molar-refractivity contribution in [3.05, 3.63) is 52.3 Å². The number of benzene rings is 1. The molecule has 0 radical (unpaired) electrons. The minimum Gasteiger partial charge on any atom is -0.358 e. The van der Waals surface area contributed by atoms with Crippen LogP contribution in [0.1, 0.15) is 0 Å². The molecule has 2 aromatic rings. The highest BCUT2D eigenvalue weighted by atomic mass is 32.2. The van der Waals surface area contributed by atoms with Crippen LogP contribution in [0.5, 0.6) is 0 Å². The van der Waals surface area contributed by atoms with Crippen LogP contribution in [0.25, 0.3) is 11.3 Å². The van der Waals surface area contributed by atoms with Gasteiger partial charge in [-0.25, -0.2) is 4.39 Å². The van der Waals surface area contributed by atoms with Crippen molar-refractivity contribution in [1.29, 1.82) is 0 Å². The molecule has 0 aliphatic carbocycles. The van der Waals surface area contributed by atoms with Gasteiger partial charge in [0.2, 0.25) is 0 Å². The molecular formula is C14H12FN3O3S. The molecule has 0 bridgehead atoms. The van der Waals surface area contributed by atoms with Crippen LogP contribution in [-0.4, -0.2) is 34.1 Å². The van der Waals surface area contributed by atoms with Gasteiger partial charge in [-0.2, -0.15) is 0 Å². The lowest BCUT2D eigenvalue weighted by Gasteiger charge is -2.09. The van der Waals surface area contributed by atoms with E-state index in [2.05, 4.69) is 4.98 Å². The molecule has 0 saturated carbocycles. The van der Waals surface area contributed by atoms with Gasteiger partial charge >= 0.3 is 5.82 Å². The van der Waals surface area contributed by atoms with Crippen molar-refractivity contribution >= 4 is 22.8 Å². The Bertz CT molecular complexity index is 737. The summed E-state index contributed by atoms with van der Waals surface area (Å²) in [5.41, 5.74) is 0.313. The minimum atomic E-state index is -0.685. The highest BCUT2D eigenvalue weighted by Crippen LogP contribution is 2.32. The highest BCUT2D eigenvalue weighted by molar-refractivity contribution is 8.13. The van der Waals surface area contributed by atoms with E-state index in [0.29, 0.717) is 11.8 Å². The maximum atomic E-state index is 13.7. The number of nitrogens with zero attached hydrogens (tertiary/aromatic N) is 3. The Morgan fingerprint density at radius 1 is 1.27 bits per heavy atom. The molecule has 1 heterocycles. The van der Waals surface area contributed by atoms with Gasteiger partial charge in [-0.05, 0) is 45.9 Å². The Kier molecular flexibility index (Phi) is 4.71. The van der Waals surface area contributed by atoms with Crippen LogP contribution >= 0.6 is 11.8 Å². The smallest absolute Gasteiger partial charge is 0.358 e. The zero-order valence-electron chi connectivity index (χ0n) is 11.8. The molecule has 8 heteroatoms. The average molecular weight is 321 g/mol. The number of halogens is 1. The second kappa shape index (κ2) is 6.52. The Morgan fingerprint density at radius 3 is 2.55 bits per heavy atom.